The highest BCUT2D eigenvalue weighted by Crippen LogP contribution is 2.22. The molecule has 0 unspecified atom stereocenters. The molecule has 0 bridgehead atoms. The lowest BCUT2D eigenvalue weighted by Gasteiger charge is -2.35. The Morgan fingerprint density at radius 2 is 1.83 bits per heavy atom. The third-order valence-corrected chi connectivity index (χ3v) is 5.08. The Bertz CT molecular complexity index is 644. The molecule has 0 N–H and O–H groups in total. The smallest absolute Gasteiger partial charge is 0.107 e. The molecule has 4 heteroatoms. The summed E-state index contributed by atoms with van der Waals surface area (Å²) in [5.41, 5.74) is 2.51. The second-order valence-corrected chi connectivity index (χ2v) is 7.02. The summed E-state index contributed by atoms with van der Waals surface area (Å²) in [6.07, 6.45) is 3.06. The number of nitrogens with zero attached hydrogens (tertiary/aromatic N) is 3. The van der Waals surface area contributed by atoms with Crippen molar-refractivity contribution < 1.29 is 4.42 Å². The average Bonchev–Trinajstić information content (AvgIpc) is 3.03. The van der Waals surface area contributed by atoms with Crippen LogP contribution in [0.25, 0.3) is 0 Å². The van der Waals surface area contributed by atoms with Crippen LogP contribution in [0.3, 0.4) is 0 Å². The van der Waals surface area contributed by atoms with Gasteiger partial charge in [0.25, 0.3) is 0 Å². The molecule has 1 saturated heterocycles. The van der Waals surface area contributed by atoms with Gasteiger partial charge in [-0.15, -0.1) is 0 Å². The Morgan fingerprint density at radius 1 is 1.08 bits per heavy atom. The zero-order valence-corrected chi connectivity index (χ0v) is 15.2. The van der Waals surface area contributed by atoms with Crippen molar-refractivity contribution >= 4 is 0 Å². The van der Waals surface area contributed by atoms with Crippen LogP contribution < -0.4 is 0 Å². The molecular formula is C20H29N3O. The molecule has 1 fully saturated rings. The molecule has 1 aliphatic heterocycles. The molecule has 3 rings (SSSR count). The maximum absolute atomic E-state index is 5.75. The van der Waals surface area contributed by atoms with Crippen LogP contribution in [-0.4, -0.2) is 47.5 Å². The monoisotopic (exact) mass is 327 g/mol. The molecule has 2 aromatic rings. The SMILES string of the molecule is Cc1ccc([C@@H](C)CCN2CCN(Cc3ncccc3C)CC2)o1. The van der Waals surface area contributed by atoms with Crippen LogP contribution >= 0.6 is 0 Å². The fraction of sp³-hybridized carbons (Fsp3) is 0.550. The minimum atomic E-state index is 0.493. The summed E-state index contributed by atoms with van der Waals surface area (Å²) in [6, 6.07) is 8.34. The number of furan rings is 1. The molecule has 0 aliphatic carbocycles. The Kier molecular flexibility index (Phi) is 5.69. The Balaban J connectivity index is 1.41. The van der Waals surface area contributed by atoms with Gasteiger partial charge in [-0.05, 0) is 50.6 Å². The van der Waals surface area contributed by atoms with Gasteiger partial charge in [-0.1, -0.05) is 13.0 Å². The van der Waals surface area contributed by atoms with E-state index in [4.69, 9.17) is 4.42 Å². The lowest BCUT2D eigenvalue weighted by Crippen LogP contribution is -2.46. The Labute approximate surface area is 145 Å². The van der Waals surface area contributed by atoms with Gasteiger partial charge < -0.3 is 9.32 Å². The largest absolute Gasteiger partial charge is 0.466 e. The van der Waals surface area contributed by atoms with Crippen molar-refractivity contribution in [2.45, 2.75) is 39.7 Å². The first kappa shape index (κ1) is 17.2. The number of hydrogen-bond donors (Lipinski definition) is 0. The van der Waals surface area contributed by atoms with Gasteiger partial charge in [-0.3, -0.25) is 9.88 Å². The summed E-state index contributed by atoms with van der Waals surface area (Å²) in [5, 5.41) is 0. The van der Waals surface area contributed by atoms with Gasteiger partial charge >= 0.3 is 0 Å². The third kappa shape index (κ3) is 4.46. The first-order valence-electron chi connectivity index (χ1n) is 9.03. The predicted molar refractivity (Wildman–Crippen MR) is 97.2 cm³/mol. The highest BCUT2D eigenvalue weighted by atomic mass is 16.3. The quantitative estimate of drug-likeness (QED) is 0.811. The zero-order valence-electron chi connectivity index (χ0n) is 15.2. The number of aromatic nitrogens is 1. The maximum Gasteiger partial charge on any atom is 0.107 e. The summed E-state index contributed by atoms with van der Waals surface area (Å²) in [7, 11) is 0. The lowest BCUT2D eigenvalue weighted by atomic mass is 10.0. The van der Waals surface area contributed by atoms with Gasteiger partial charge in [-0.25, -0.2) is 0 Å². The van der Waals surface area contributed by atoms with Crippen molar-refractivity contribution in [2.75, 3.05) is 32.7 Å². The summed E-state index contributed by atoms with van der Waals surface area (Å²) in [4.78, 5) is 9.62. The topological polar surface area (TPSA) is 32.5 Å². The summed E-state index contributed by atoms with van der Waals surface area (Å²) < 4.78 is 5.75. The van der Waals surface area contributed by atoms with Crippen LogP contribution in [0.15, 0.2) is 34.9 Å². The van der Waals surface area contributed by atoms with Crippen molar-refractivity contribution in [1.82, 2.24) is 14.8 Å². The van der Waals surface area contributed by atoms with Crippen molar-refractivity contribution in [1.29, 1.82) is 0 Å². The minimum Gasteiger partial charge on any atom is -0.466 e. The van der Waals surface area contributed by atoms with Gasteiger partial charge in [0.15, 0.2) is 0 Å². The van der Waals surface area contributed by atoms with Crippen LogP contribution in [0.4, 0.5) is 0 Å². The first-order valence-corrected chi connectivity index (χ1v) is 9.03. The molecule has 1 aliphatic rings. The average molecular weight is 327 g/mol. The molecule has 130 valence electrons. The Hall–Kier alpha value is -1.65. The molecule has 0 spiro atoms. The summed E-state index contributed by atoms with van der Waals surface area (Å²) in [5.74, 6) is 2.62. The van der Waals surface area contributed by atoms with E-state index in [9.17, 15) is 0 Å². The summed E-state index contributed by atoms with van der Waals surface area (Å²) in [6.45, 7) is 13.1. The number of piperazine rings is 1. The van der Waals surface area contributed by atoms with E-state index in [1.54, 1.807) is 0 Å². The molecule has 0 amide bonds. The van der Waals surface area contributed by atoms with E-state index in [2.05, 4.69) is 46.8 Å². The standard InChI is InChI=1S/C20H29N3O/c1-16-5-4-9-21-19(16)15-23-13-11-22(12-14-23)10-8-17(2)20-7-6-18(3)24-20/h4-7,9,17H,8,10-15H2,1-3H3/t17-/m0/s1. The highest BCUT2D eigenvalue weighted by Gasteiger charge is 2.19. The van der Waals surface area contributed by atoms with Crippen molar-refractivity contribution in [3.8, 4) is 0 Å². The van der Waals surface area contributed by atoms with E-state index in [0.29, 0.717) is 5.92 Å². The predicted octanol–water partition coefficient (Wildman–Crippen LogP) is 3.60. The van der Waals surface area contributed by atoms with Gasteiger partial charge in [0, 0.05) is 44.8 Å². The van der Waals surface area contributed by atoms with Crippen LogP contribution in [0.1, 0.15) is 42.0 Å². The minimum absolute atomic E-state index is 0.493. The van der Waals surface area contributed by atoms with Crippen LogP contribution in [0, 0.1) is 13.8 Å². The molecule has 24 heavy (non-hydrogen) atoms. The number of pyridine rings is 1. The molecular weight excluding hydrogens is 298 g/mol. The zero-order chi connectivity index (χ0) is 16.9. The van der Waals surface area contributed by atoms with Crippen molar-refractivity contribution in [3.63, 3.8) is 0 Å². The van der Waals surface area contributed by atoms with Gasteiger partial charge in [0.2, 0.25) is 0 Å². The number of aryl methyl sites for hydroxylation is 2. The second-order valence-electron chi connectivity index (χ2n) is 7.02. The third-order valence-electron chi connectivity index (χ3n) is 5.08. The Morgan fingerprint density at radius 3 is 2.50 bits per heavy atom. The molecule has 3 heterocycles. The molecule has 1 atom stereocenters. The van der Waals surface area contributed by atoms with E-state index in [0.717, 1.165) is 57.2 Å². The van der Waals surface area contributed by atoms with E-state index in [1.807, 2.05) is 19.2 Å². The molecule has 0 radical (unpaired) electrons. The fourth-order valence-electron chi connectivity index (χ4n) is 3.30. The molecule has 2 aromatic heterocycles. The van der Waals surface area contributed by atoms with Gasteiger partial charge in [0.05, 0.1) is 5.69 Å². The van der Waals surface area contributed by atoms with Crippen molar-refractivity contribution in [3.05, 3.63) is 53.2 Å². The first-order chi connectivity index (χ1) is 11.6. The molecule has 0 saturated carbocycles. The number of hydrogen-bond acceptors (Lipinski definition) is 4. The highest BCUT2D eigenvalue weighted by molar-refractivity contribution is 5.17. The summed E-state index contributed by atoms with van der Waals surface area (Å²) >= 11 is 0. The maximum atomic E-state index is 5.75. The van der Waals surface area contributed by atoms with E-state index < -0.39 is 0 Å². The van der Waals surface area contributed by atoms with Crippen molar-refractivity contribution in [2.24, 2.45) is 0 Å². The lowest BCUT2D eigenvalue weighted by molar-refractivity contribution is 0.123. The van der Waals surface area contributed by atoms with Gasteiger partial charge in [-0.2, -0.15) is 0 Å². The fourth-order valence-corrected chi connectivity index (χ4v) is 3.30. The van der Waals surface area contributed by atoms with Gasteiger partial charge in [0.1, 0.15) is 11.5 Å². The normalized spacial score (nSPS) is 18.0. The van der Waals surface area contributed by atoms with Crippen LogP contribution in [0.5, 0.6) is 0 Å². The number of rotatable bonds is 6. The molecule has 4 nitrogen and oxygen atoms in total. The molecule has 0 aromatic carbocycles. The van der Waals surface area contributed by atoms with E-state index in [1.165, 1.54) is 11.3 Å². The van der Waals surface area contributed by atoms with Crippen LogP contribution in [0.2, 0.25) is 0 Å². The van der Waals surface area contributed by atoms with Crippen LogP contribution in [-0.2, 0) is 6.54 Å². The van der Waals surface area contributed by atoms with E-state index in [-0.39, 0.29) is 0 Å². The second kappa shape index (κ2) is 7.95. The van der Waals surface area contributed by atoms with E-state index >= 15 is 0 Å².